The van der Waals surface area contributed by atoms with Crippen LogP contribution in [0.4, 0.5) is 0 Å². The van der Waals surface area contributed by atoms with Crippen molar-refractivity contribution in [1.82, 2.24) is 5.32 Å². The molecule has 1 aromatic rings. The van der Waals surface area contributed by atoms with Gasteiger partial charge >= 0.3 is 0 Å². The lowest BCUT2D eigenvalue weighted by atomic mass is 9.90. The largest absolute Gasteiger partial charge is 0.389 e. The van der Waals surface area contributed by atoms with Crippen LogP contribution in [0.15, 0.2) is 24.3 Å². The van der Waals surface area contributed by atoms with Crippen molar-refractivity contribution in [1.29, 1.82) is 0 Å². The van der Waals surface area contributed by atoms with E-state index in [1.165, 1.54) is 0 Å². The van der Waals surface area contributed by atoms with Gasteiger partial charge in [0.05, 0.1) is 19.3 Å². The van der Waals surface area contributed by atoms with Crippen LogP contribution < -0.4 is 5.32 Å². The third-order valence-corrected chi connectivity index (χ3v) is 3.68. The maximum atomic E-state index is 9.83. The van der Waals surface area contributed by atoms with E-state index in [2.05, 4.69) is 26.1 Å². The number of aliphatic hydroxyl groups excluding tert-OH is 1. The zero-order chi connectivity index (χ0) is 15.0. The first-order valence-electron chi connectivity index (χ1n) is 7.14. The van der Waals surface area contributed by atoms with E-state index in [0.717, 1.165) is 23.6 Å². The van der Waals surface area contributed by atoms with Crippen molar-refractivity contribution in [2.75, 3.05) is 19.7 Å². The quantitative estimate of drug-likeness (QED) is 0.735. The number of hydrogen-bond acceptors (Lipinski definition) is 3. The minimum Gasteiger partial charge on any atom is -0.389 e. The van der Waals surface area contributed by atoms with Crippen molar-refractivity contribution in [3.8, 4) is 0 Å². The second kappa shape index (κ2) is 8.63. The van der Waals surface area contributed by atoms with Crippen LogP contribution in [0.1, 0.15) is 32.8 Å². The molecule has 1 atom stereocenters. The first-order chi connectivity index (χ1) is 9.43. The summed E-state index contributed by atoms with van der Waals surface area (Å²) in [4.78, 5) is 0. The van der Waals surface area contributed by atoms with E-state index in [1.807, 2.05) is 24.3 Å². The van der Waals surface area contributed by atoms with Gasteiger partial charge < -0.3 is 15.2 Å². The minimum atomic E-state index is -0.477. The summed E-state index contributed by atoms with van der Waals surface area (Å²) in [5.41, 5.74) is 1.32. The summed E-state index contributed by atoms with van der Waals surface area (Å²) in [6, 6.07) is 7.53. The SMILES string of the molecule is CCC(C)(C)CNCC(O)COCc1ccc(Cl)cc1. The van der Waals surface area contributed by atoms with Crippen molar-refractivity contribution in [3.05, 3.63) is 34.9 Å². The summed E-state index contributed by atoms with van der Waals surface area (Å²) in [5, 5.41) is 13.8. The van der Waals surface area contributed by atoms with E-state index in [1.54, 1.807) is 0 Å². The van der Waals surface area contributed by atoms with E-state index in [0.29, 0.717) is 19.8 Å². The number of nitrogens with one attached hydrogen (secondary N) is 1. The predicted molar refractivity (Wildman–Crippen MR) is 84.1 cm³/mol. The topological polar surface area (TPSA) is 41.5 Å². The van der Waals surface area contributed by atoms with E-state index in [9.17, 15) is 5.11 Å². The van der Waals surface area contributed by atoms with E-state index >= 15 is 0 Å². The number of halogens is 1. The summed E-state index contributed by atoms with van der Waals surface area (Å²) in [5.74, 6) is 0. The smallest absolute Gasteiger partial charge is 0.0897 e. The summed E-state index contributed by atoms with van der Waals surface area (Å²) in [6.07, 6.45) is 0.637. The highest BCUT2D eigenvalue weighted by atomic mass is 35.5. The van der Waals surface area contributed by atoms with Crippen molar-refractivity contribution < 1.29 is 9.84 Å². The van der Waals surface area contributed by atoms with Crippen LogP contribution in [0.5, 0.6) is 0 Å². The number of rotatable bonds is 9. The molecule has 0 radical (unpaired) electrons. The van der Waals surface area contributed by atoms with Crippen molar-refractivity contribution in [3.63, 3.8) is 0 Å². The molecule has 0 fully saturated rings. The average molecular weight is 300 g/mol. The molecule has 1 unspecified atom stereocenters. The lowest BCUT2D eigenvalue weighted by Gasteiger charge is -2.24. The van der Waals surface area contributed by atoms with Crippen LogP contribution in [-0.4, -0.2) is 30.9 Å². The molecule has 0 heterocycles. The molecule has 1 rings (SSSR count). The molecule has 0 saturated heterocycles. The van der Waals surface area contributed by atoms with Gasteiger partial charge in [0.15, 0.2) is 0 Å². The van der Waals surface area contributed by atoms with Crippen LogP contribution >= 0.6 is 11.6 Å². The van der Waals surface area contributed by atoms with Gasteiger partial charge in [0.1, 0.15) is 0 Å². The Morgan fingerprint density at radius 3 is 2.55 bits per heavy atom. The zero-order valence-electron chi connectivity index (χ0n) is 12.7. The Morgan fingerprint density at radius 1 is 1.30 bits per heavy atom. The van der Waals surface area contributed by atoms with Crippen molar-refractivity contribution in [2.45, 2.75) is 39.9 Å². The Hall–Kier alpha value is -0.610. The first-order valence-corrected chi connectivity index (χ1v) is 7.52. The molecule has 20 heavy (non-hydrogen) atoms. The van der Waals surface area contributed by atoms with Gasteiger partial charge in [-0.15, -0.1) is 0 Å². The van der Waals surface area contributed by atoms with Crippen LogP contribution in [0.2, 0.25) is 5.02 Å². The van der Waals surface area contributed by atoms with E-state index in [-0.39, 0.29) is 5.41 Å². The second-order valence-corrected chi connectivity index (χ2v) is 6.38. The molecule has 1 aromatic carbocycles. The lowest BCUT2D eigenvalue weighted by molar-refractivity contribution is 0.0278. The van der Waals surface area contributed by atoms with Gasteiger partial charge in [-0.2, -0.15) is 0 Å². The summed E-state index contributed by atoms with van der Waals surface area (Å²) in [6.45, 7) is 8.89. The number of aliphatic hydroxyl groups is 1. The van der Waals surface area contributed by atoms with Gasteiger partial charge in [0, 0.05) is 18.1 Å². The fourth-order valence-corrected chi connectivity index (χ4v) is 1.78. The van der Waals surface area contributed by atoms with Gasteiger partial charge in [-0.25, -0.2) is 0 Å². The average Bonchev–Trinajstić information content (AvgIpc) is 2.41. The molecule has 0 bridgehead atoms. The molecule has 0 aliphatic heterocycles. The molecule has 0 amide bonds. The van der Waals surface area contributed by atoms with Gasteiger partial charge in [0.25, 0.3) is 0 Å². The molecule has 2 N–H and O–H groups in total. The number of benzene rings is 1. The Bertz CT molecular complexity index is 379. The maximum Gasteiger partial charge on any atom is 0.0897 e. The highest BCUT2D eigenvalue weighted by Crippen LogP contribution is 2.17. The molecular weight excluding hydrogens is 274 g/mol. The van der Waals surface area contributed by atoms with Crippen molar-refractivity contribution >= 4 is 11.6 Å². The highest BCUT2D eigenvalue weighted by Gasteiger charge is 2.15. The third kappa shape index (κ3) is 7.25. The van der Waals surface area contributed by atoms with Crippen LogP contribution in [0, 0.1) is 5.41 Å². The van der Waals surface area contributed by atoms with E-state index < -0.39 is 6.10 Å². The molecular formula is C16H26ClNO2. The minimum absolute atomic E-state index is 0.268. The normalized spacial score (nSPS) is 13.4. The molecule has 0 saturated carbocycles. The molecule has 0 aromatic heterocycles. The lowest BCUT2D eigenvalue weighted by Crippen LogP contribution is -2.36. The highest BCUT2D eigenvalue weighted by molar-refractivity contribution is 6.30. The monoisotopic (exact) mass is 299 g/mol. The number of ether oxygens (including phenoxy) is 1. The Kier molecular flexibility index (Phi) is 7.52. The molecule has 0 aliphatic carbocycles. The van der Waals surface area contributed by atoms with Crippen molar-refractivity contribution in [2.24, 2.45) is 5.41 Å². The summed E-state index contributed by atoms with van der Waals surface area (Å²) in [7, 11) is 0. The zero-order valence-corrected chi connectivity index (χ0v) is 13.4. The van der Waals surface area contributed by atoms with Gasteiger partial charge in [0.2, 0.25) is 0 Å². The van der Waals surface area contributed by atoms with E-state index in [4.69, 9.17) is 16.3 Å². The Balaban J connectivity index is 2.14. The van der Waals surface area contributed by atoms with Crippen LogP contribution in [0.3, 0.4) is 0 Å². The fourth-order valence-electron chi connectivity index (χ4n) is 1.65. The first kappa shape index (κ1) is 17.4. The molecule has 4 heteroatoms. The maximum absolute atomic E-state index is 9.83. The van der Waals surface area contributed by atoms with Gasteiger partial charge in [-0.3, -0.25) is 0 Å². The van der Waals surface area contributed by atoms with Gasteiger partial charge in [-0.05, 0) is 29.5 Å². The van der Waals surface area contributed by atoms with Crippen LogP contribution in [0.25, 0.3) is 0 Å². The number of hydrogen-bond donors (Lipinski definition) is 2. The molecule has 0 spiro atoms. The molecule has 3 nitrogen and oxygen atoms in total. The predicted octanol–water partition coefficient (Wildman–Crippen LogP) is 3.24. The van der Waals surface area contributed by atoms with Crippen LogP contribution in [-0.2, 0) is 11.3 Å². The summed E-state index contributed by atoms with van der Waals surface area (Å²) < 4.78 is 5.50. The third-order valence-electron chi connectivity index (χ3n) is 3.43. The van der Waals surface area contributed by atoms with Gasteiger partial charge in [-0.1, -0.05) is 44.5 Å². The second-order valence-electron chi connectivity index (χ2n) is 5.94. The molecule has 0 aliphatic rings. The Morgan fingerprint density at radius 2 is 1.95 bits per heavy atom. The standard InChI is InChI=1S/C16H26ClNO2/c1-4-16(2,3)12-18-9-15(19)11-20-10-13-5-7-14(17)8-6-13/h5-8,15,18-19H,4,9-12H2,1-3H3. The molecule has 114 valence electrons. The summed E-state index contributed by atoms with van der Waals surface area (Å²) >= 11 is 5.81. The fraction of sp³-hybridized carbons (Fsp3) is 0.625. The Labute approximate surface area is 127 Å².